The zero-order valence-corrected chi connectivity index (χ0v) is 30.4. The third-order valence-electron chi connectivity index (χ3n) is 11.2. The third kappa shape index (κ3) is 7.45. The van der Waals surface area contributed by atoms with Crippen LogP contribution in [0.3, 0.4) is 0 Å². The minimum absolute atomic E-state index is 0.106. The predicted octanol–water partition coefficient (Wildman–Crippen LogP) is 4.69. The van der Waals surface area contributed by atoms with Gasteiger partial charge < -0.3 is 30.2 Å². The number of carbonyl (C=O) groups excluding carboxylic acids is 2. The molecule has 2 amide bonds. The molecule has 51 heavy (non-hydrogen) atoms. The number of para-hydroxylation sites is 1. The summed E-state index contributed by atoms with van der Waals surface area (Å²) in [4.78, 5) is 57.2. The number of ether oxygens (including phenoxy) is 1. The molecule has 3 aliphatic heterocycles. The summed E-state index contributed by atoms with van der Waals surface area (Å²) < 4.78 is 7.88. The Morgan fingerprint density at radius 3 is 2.47 bits per heavy atom. The van der Waals surface area contributed by atoms with Crippen LogP contribution in [0.5, 0.6) is 0 Å². The molecule has 12 nitrogen and oxygen atoms in total. The second-order valence-corrected chi connectivity index (χ2v) is 14.8. The van der Waals surface area contributed by atoms with Crippen LogP contribution in [0, 0.1) is 0 Å². The molecule has 1 atom stereocenters. The number of amides is 2. The van der Waals surface area contributed by atoms with Gasteiger partial charge in [0.25, 0.3) is 5.91 Å². The van der Waals surface area contributed by atoms with Crippen molar-refractivity contribution in [2.24, 2.45) is 0 Å². The monoisotopic (exact) mass is 716 g/mol. The number of nitrogens with one attached hydrogen (secondary N) is 1. The number of benzene rings is 2. The lowest BCUT2D eigenvalue weighted by atomic mass is 9.99. The number of hydrogen-bond donors (Lipinski definition) is 2. The lowest BCUT2D eigenvalue weighted by Crippen LogP contribution is -2.51. The van der Waals surface area contributed by atoms with E-state index < -0.39 is 12.2 Å². The first kappa shape index (κ1) is 35.3. The number of nitrogen functional groups attached to an aromatic ring is 1. The van der Waals surface area contributed by atoms with E-state index in [9.17, 15) is 14.4 Å². The number of hydrogen-bond acceptors (Lipinski definition) is 8. The molecule has 13 heteroatoms. The Labute approximate surface area is 303 Å². The van der Waals surface area contributed by atoms with Gasteiger partial charge in [0, 0.05) is 63.2 Å². The molecule has 2 aromatic carbocycles. The summed E-state index contributed by atoms with van der Waals surface area (Å²) >= 11 is 6.51. The zero-order chi connectivity index (χ0) is 35.6. The van der Waals surface area contributed by atoms with Gasteiger partial charge in [-0.15, -0.1) is 0 Å². The number of aromatic amines is 1. The van der Waals surface area contributed by atoms with Gasteiger partial charge in [-0.25, -0.2) is 9.59 Å². The fourth-order valence-corrected chi connectivity index (χ4v) is 8.48. The number of imidazole rings is 1. The van der Waals surface area contributed by atoms with Crippen LogP contribution in [0.4, 0.5) is 10.5 Å². The van der Waals surface area contributed by atoms with E-state index in [4.69, 9.17) is 22.1 Å². The molecule has 3 fully saturated rings. The van der Waals surface area contributed by atoms with E-state index in [0.717, 1.165) is 78.5 Å². The molecular weight excluding hydrogens is 668 g/mol. The number of piperidine rings is 2. The molecule has 7 rings (SSSR count). The molecule has 0 aliphatic carbocycles. The van der Waals surface area contributed by atoms with E-state index in [-0.39, 0.29) is 24.1 Å². The zero-order valence-electron chi connectivity index (χ0n) is 29.7. The van der Waals surface area contributed by atoms with Crippen molar-refractivity contribution in [3.05, 3.63) is 69.2 Å². The van der Waals surface area contributed by atoms with E-state index in [1.54, 1.807) is 21.7 Å². The minimum Gasteiger partial charge on any atom is -0.436 e. The molecule has 3 aliphatic rings. The quantitative estimate of drug-likeness (QED) is 0.264. The van der Waals surface area contributed by atoms with Gasteiger partial charge >= 0.3 is 11.8 Å². The van der Waals surface area contributed by atoms with Gasteiger partial charge in [0.05, 0.1) is 33.5 Å². The second-order valence-electron chi connectivity index (χ2n) is 14.4. The molecule has 5 heterocycles. The summed E-state index contributed by atoms with van der Waals surface area (Å²) in [6.45, 7) is 8.36. The summed E-state index contributed by atoms with van der Waals surface area (Å²) in [5, 5.41) is 1.33. The smallest absolute Gasteiger partial charge is 0.410 e. The molecule has 0 bridgehead atoms. The number of carbonyl (C=O) groups is 2. The molecule has 272 valence electrons. The Balaban J connectivity index is 1.04. The maximum atomic E-state index is 14.2. The van der Waals surface area contributed by atoms with E-state index in [1.807, 2.05) is 42.2 Å². The fraction of sp³-hybridized carbons (Fsp3) is 0.526. The van der Waals surface area contributed by atoms with Gasteiger partial charge in [-0.3, -0.25) is 19.2 Å². The summed E-state index contributed by atoms with van der Waals surface area (Å²) in [7, 11) is 2.18. The van der Waals surface area contributed by atoms with Gasteiger partial charge in [0.15, 0.2) is 6.10 Å². The van der Waals surface area contributed by atoms with Crippen LogP contribution in [0.15, 0.2) is 47.4 Å². The number of nitrogens with two attached hydrogens (primary N) is 1. The summed E-state index contributed by atoms with van der Waals surface area (Å²) in [6.07, 6.45) is 5.21. The third-order valence-corrected chi connectivity index (χ3v) is 11.5. The van der Waals surface area contributed by atoms with Crippen molar-refractivity contribution in [1.29, 1.82) is 0 Å². The molecule has 0 spiro atoms. The van der Waals surface area contributed by atoms with Crippen molar-refractivity contribution in [3.63, 3.8) is 0 Å². The van der Waals surface area contributed by atoms with Crippen molar-refractivity contribution in [2.75, 3.05) is 65.1 Å². The largest absolute Gasteiger partial charge is 0.436 e. The highest BCUT2D eigenvalue weighted by molar-refractivity contribution is 6.33. The standard InChI is InChI=1S/C38H49ClN8O4/c1-3-26-21-25(22-30(39)34(26)40)23-33(36(48)45-15-9-27(10-16-45)44-14-6-13-43(2)19-20-44)51-38(50)46-17-11-28(12-18-46)47-32-24-41-31-8-5-4-7-29(31)35(32)42-37(47)49/h4-5,7-8,21-22,24,27-28,33H,3,6,9-20,23,40H2,1-2H3,(H,42,49)/t33-/m1/s1. The lowest BCUT2D eigenvalue weighted by Gasteiger charge is -2.39. The molecular formula is C38H49ClN8O4. The van der Waals surface area contributed by atoms with E-state index in [1.165, 1.54) is 0 Å². The van der Waals surface area contributed by atoms with Crippen LogP contribution in [0.1, 0.15) is 56.2 Å². The van der Waals surface area contributed by atoms with E-state index in [0.29, 0.717) is 62.2 Å². The van der Waals surface area contributed by atoms with Gasteiger partial charge in [0.1, 0.15) is 0 Å². The minimum atomic E-state index is -1.00. The molecule has 0 unspecified atom stereocenters. The van der Waals surface area contributed by atoms with Gasteiger partial charge in [-0.1, -0.05) is 42.8 Å². The first-order chi connectivity index (χ1) is 24.7. The molecule has 2 aromatic heterocycles. The number of halogens is 1. The average Bonchev–Trinajstić information content (AvgIpc) is 3.34. The molecule has 3 saturated heterocycles. The highest BCUT2D eigenvalue weighted by Crippen LogP contribution is 2.30. The summed E-state index contributed by atoms with van der Waals surface area (Å²) in [5.74, 6) is -0.177. The number of aryl methyl sites for hydroxylation is 1. The van der Waals surface area contributed by atoms with Crippen molar-refractivity contribution in [3.8, 4) is 0 Å². The number of aromatic nitrogens is 3. The molecule has 3 N–H and O–H groups in total. The summed E-state index contributed by atoms with van der Waals surface area (Å²) in [5.41, 5.74) is 10.6. The summed E-state index contributed by atoms with van der Waals surface area (Å²) in [6, 6.07) is 11.8. The maximum Gasteiger partial charge on any atom is 0.410 e. The predicted molar refractivity (Wildman–Crippen MR) is 200 cm³/mol. The topological polar surface area (TPSA) is 133 Å². The van der Waals surface area contributed by atoms with Crippen molar-refractivity contribution in [1.82, 2.24) is 34.1 Å². The van der Waals surface area contributed by atoms with E-state index >= 15 is 0 Å². The number of pyridine rings is 1. The van der Waals surface area contributed by atoms with Crippen molar-refractivity contribution in [2.45, 2.75) is 70.1 Å². The second kappa shape index (κ2) is 15.2. The molecule has 4 aromatic rings. The fourth-order valence-electron chi connectivity index (χ4n) is 8.21. The number of likely N-dealkylation sites (tertiary alicyclic amines) is 2. The number of anilines is 1. The Bertz CT molecular complexity index is 1950. The van der Waals surface area contributed by atoms with Gasteiger partial charge in [0.2, 0.25) is 0 Å². The van der Waals surface area contributed by atoms with Crippen LogP contribution in [-0.2, 0) is 22.4 Å². The number of likely N-dealkylation sites (N-methyl/N-ethyl adjacent to an activating group) is 1. The normalized spacial score (nSPS) is 19.4. The number of rotatable bonds is 7. The molecule has 0 saturated carbocycles. The maximum absolute atomic E-state index is 14.2. The number of H-pyrrole nitrogens is 1. The Morgan fingerprint density at radius 2 is 1.71 bits per heavy atom. The van der Waals surface area contributed by atoms with Crippen molar-refractivity contribution >= 4 is 51.2 Å². The number of nitrogens with zero attached hydrogens (tertiary/aromatic N) is 6. The van der Waals surface area contributed by atoms with Gasteiger partial charge in [-0.2, -0.15) is 0 Å². The van der Waals surface area contributed by atoms with Crippen LogP contribution < -0.4 is 11.4 Å². The highest BCUT2D eigenvalue weighted by Gasteiger charge is 2.35. The van der Waals surface area contributed by atoms with Crippen LogP contribution in [-0.4, -0.2) is 118 Å². The van der Waals surface area contributed by atoms with Crippen LogP contribution in [0.25, 0.3) is 21.9 Å². The Kier molecular flexibility index (Phi) is 10.5. The Hall–Kier alpha value is -4.13. The van der Waals surface area contributed by atoms with Crippen LogP contribution in [0.2, 0.25) is 5.02 Å². The average molecular weight is 717 g/mol. The van der Waals surface area contributed by atoms with Crippen molar-refractivity contribution < 1.29 is 14.3 Å². The first-order valence-corrected chi connectivity index (χ1v) is 18.8. The number of fused-ring (bicyclic) bond motifs is 3. The molecule has 0 radical (unpaired) electrons. The first-order valence-electron chi connectivity index (χ1n) is 18.4. The highest BCUT2D eigenvalue weighted by atomic mass is 35.5. The van der Waals surface area contributed by atoms with E-state index in [2.05, 4.69) is 26.8 Å². The van der Waals surface area contributed by atoms with Gasteiger partial charge in [-0.05, 0) is 81.9 Å². The Morgan fingerprint density at radius 1 is 0.980 bits per heavy atom. The van der Waals surface area contributed by atoms with Crippen LogP contribution >= 0.6 is 11.6 Å². The SMILES string of the molecule is CCc1cc(C[C@@H](OC(=O)N2CCC(n3c(=O)[nH]c4c5ccccc5ncc43)CC2)C(=O)N2CCC(N3CCCN(C)CC3)CC2)cc(Cl)c1N. The lowest BCUT2D eigenvalue weighted by molar-refractivity contribution is -0.142.